The molecule has 0 unspecified atom stereocenters. The van der Waals surface area contributed by atoms with Gasteiger partial charge < -0.3 is 20.9 Å². The second-order valence-corrected chi connectivity index (χ2v) is 4.28. The number of aromatic hydroxyl groups is 1. The van der Waals surface area contributed by atoms with Crippen LogP contribution in [-0.4, -0.2) is 27.7 Å². The molecule has 0 fully saturated rings. The minimum Gasteiger partial charge on any atom is -0.506 e. The van der Waals surface area contributed by atoms with Gasteiger partial charge in [0.1, 0.15) is 11.4 Å². The molecule has 2 aromatic rings. The van der Waals surface area contributed by atoms with Crippen molar-refractivity contribution in [2.45, 2.75) is 12.8 Å². The number of carboxylic acids is 1. The third kappa shape index (κ3) is 3.09. The van der Waals surface area contributed by atoms with Crippen LogP contribution >= 0.6 is 12.4 Å². The molecule has 1 heterocycles. The van der Waals surface area contributed by atoms with Crippen LogP contribution in [0, 0.1) is 0 Å². The zero-order valence-corrected chi connectivity index (χ0v) is 11.4. The minimum absolute atomic E-state index is 0. The van der Waals surface area contributed by atoms with Gasteiger partial charge in [-0.15, -0.1) is 12.4 Å². The van der Waals surface area contributed by atoms with Crippen LogP contribution in [0.1, 0.15) is 22.5 Å². The van der Waals surface area contributed by atoms with E-state index in [9.17, 15) is 14.7 Å². The Balaban J connectivity index is 0.00000200. The van der Waals surface area contributed by atoms with Gasteiger partial charge in [-0.2, -0.15) is 0 Å². The lowest BCUT2D eigenvalue weighted by Crippen LogP contribution is -2.10. The highest BCUT2D eigenvalue weighted by molar-refractivity contribution is 5.91. The number of nitrogens with two attached hydrogens (primary N) is 1. The molecule has 1 aromatic heterocycles. The van der Waals surface area contributed by atoms with E-state index in [-0.39, 0.29) is 34.8 Å². The normalized spacial score (nSPS) is 10.2. The van der Waals surface area contributed by atoms with E-state index >= 15 is 0 Å². The molecule has 2 rings (SSSR count). The number of aromatic nitrogens is 1. The van der Waals surface area contributed by atoms with Gasteiger partial charge in [-0.25, -0.2) is 4.79 Å². The van der Waals surface area contributed by atoms with Crippen molar-refractivity contribution in [3.63, 3.8) is 0 Å². The van der Waals surface area contributed by atoms with Gasteiger partial charge in [0, 0.05) is 11.5 Å². The molecule has 7 heteroatoms. The highest BCUT2D eigenvalue weighted by Gasteiger charge is 2.11. The maximum Gasteiger partial charge on any atom is 0.352 e. The number of fused-ring (bicyclic) bond motifs is 1. The van der Waals surface area contributed by atoms with Crippen molar-refractivity contribution in [2.75, 3.05) is 6.54 Å². The number of phenols is 1. The Morgan fingerprint density at radius 2 is 2.00 bits per heavy atom. The maximum absolute atomic E-state index is 11.9. The van der Waals surface area contributed by atoms with Crippen molar-refractivity contribution in [3.05, 3.63) is 39.7 Å². The van der Waals surface area contributed by atoms with Crippen molar-refractivity contribution in [1.29, 1.82) is 0 Å². The van der Waals surface area contributed by atoms with E-state index in [0.29, 0.717) is 13.0 Å². The van der Waals surface area contributed by atoms with E-state index in [1.165, 1.54) is 6.07 Å². The molecule has 0 saturated carbocycles. The van der Waals surface area contributed by atoms with Crippen LogP contribution in [0.25, 0.3) is 10.9 Å². The Bertz CT molecular complexity index is 697. The third-order valence-electron chi connectivity index (χ3n) is 2.88. The number of rotatable bonds is 4. The highest BCUT2D eigenvalue weighted by Crippen LogP contribution is 2.23. The quantitative estimate of drug-likeness (QED) is 0.678. The smallest absolute Gasteiger partial charge is 0.352 e. The molecular formula is C13H15ClN2O4. The second kappa shape index (κ2) is 6.40. The average molecular weight is 299 g/mol. The fourth-order valence-corrected chi connectivity index (χ4v) is 1.96. The van der Waals surface area contributed by atoms with Crippen LogP contribution in [-0.2, 0) is 6.42 Å². The van der Waals surface area contributed by atoms with Crippen molar-refractivity contribution >= 4 is 29.3 Å². The summed E-state index contributed by atoms with van der Waals surface area (Å²) < 4.78 is 0. The summed E-state index contributed by atoms with van der Waals surface area (Å²) in [5.41, 5.74) is 5.67. The zero-order chi connectivity index (χ0) is 14.0. The first-order valence-electron chi connectivity index (χ1n) is 5.85. The molecule has 20 heavy (non-hydrogen) atoms. The molecule has 0 radical (unpaired) electrons. The van der Waals surface area contributed by atoms with E-state index in [0.717, 1.165) is 18.1 Å². The molecule has 0 spiro atoms. The van der Waals surface area contributed by atoms with E-state index < -0.39 is 11.4 Å². The topological polar surface area (TPSA) is 116 Å². The minimum atomic E-state index is -1.24. The number of benzene rings is 1. The largest absolute Gasteiger partial charge is 0.506 e. The van der Waals surface area contributed by atoms with E-state index in [1.807, 2.05) is 0 Å². The number of aromatic carboxylic acids is 1. The molecule has 0 aliphatic rings. The fraction of sp³-hybridized carbons (Fsp3) is 0.231. The molecule has 0 saturated heterocycles. The lowest BCUT2D eigenvalue weighted by Gasteiger charge is -2.06. The average Bonchev–Trinajstić information content (AvgIpc) is 2.37. The predicted molar refractivity (Wildman–Crippen MR) is 77.8 cm³/mol. The van der Waals surface area contributed by atoms with E-state index in [1.54, 1.807) is 6.07 Å². The van der Waals surface area contributed by atoms with E-state index in [2.05, 4.69) is 4.98 Å². The molecule has 108 valence electrons. The van der Waals surface area contributed by atoms with Crippen molar-refractivity contribution < 1.29 is 15.0 Å². The molecule has 1 aromatic carbocycles. The molecule has 6 nitrogen and oxygen atoms in total. The van der Waals surface area contributed by atoms with Crippen LogP contribution < -0.4 is 11.2 Å². The molecular weight excluding hydrogens is 284 g/mol. The first-order valence-corrected chi connectivity index (χ1v) is 5.85. The monoisotopic (exact) mass is 298 g/mol. The number of hydrogen-bond acceptors (Lipinski definition) is 4. The summed E-state index contributed by atoms with van der Waals surface area (Å²) in [4.78, 5) is 25.3. The number of pyridine rings is 1. The Hall–Kier alpha value is -2.05. The molecule has 0 aliphatic carbocycles. The Morgan fingerprint density at radius 1 is 1.30 bits per heavy atom. The fourth-order valence-electron chi connectivity index (χ4n) is 1.96. The number of aromatic amines is 1. The van der Waals surface area contributed by atoms with E-state index in [4.69, 9.17) is 10.8 Å². The summed E-state index contributed by atoms with van der Waals surface area (Å²) in [7, 11) is 0. The van der Waals surface area contributed by atoms with Crippen molar-refractivity contribution in [1.82, 2.24) is 4.98 Å². The Kier molecular flexibility index (Phi) is 5.12. The number of nitrogens with one attached hydrogen (secondary N) is 1. The van der Waals surface area contributed by atoms with Gasteiger partial charge in [0.25, 0.3) is 0 Å². The summed E-state index contributed by atoms with van der Waals surface area (Å²) >= 11 is 0. The van der Waals surface area contributed by atoms with Crippen LogP contribution in [0.2, 0.25) is 0 Å². The number of carboxylic acid groups (broad SMARTS) is 1. The Morgan fingerprint density at radius 3 is 2.60 bits per heavy atom. The van der Waals surface area contributed by atoms with Gasteiger partial charge in [-0.1, -0.05) is 0 Å². The molecule has 0 atom stereocenters. The summed E-state index contributed by atoms with van der Waals surface area (Å²) in [6, 6.07) is 4.17. The lowest BCUT2D eigenvalue weighted by atomic mass is 10.0. The maximum atomic E-state index is 11.9. The number of hydrogen-bond donors (Lipinski definition) is 4. The molecule has 5 N–H and O–H groups in total. The molecule has 0 bridgehead atoms. The van der Waals surface area contributed by atoms with Gasteiger partial charge in [0.15, 0.2) is 5.43 Å². The predicted octanol–water partition coefficient (Wildman–Crippen LogP) is 1.25. The van der Waals surface area contributed by atoms with Crippen LogP contribution in [0.4, 0.5) is 0 Å². The number of phenolic OH excluding ortho intramolecular Hbond substituents is 1. The number of aryl methyl sites for hydroxylation is 1. The highest BCUT2D eigenvalue weighted by atomic mass is 35.5. The van der Waals surface area contributed by atoms with Gasteiger partial charge in [-0.3, -0.25) is 4.79 Å². The number of halogens is 1. The summed E-state index contributed by atoms with van der Waals surface area (Å²) in [6.45, 7) is 0.521. The van der Waals surface area contributed by atoms with Gasteiger partial charge in [0.05, 0.1) is 5.52 Å². The summed E-state index contributed by atoms with van der Waals surface area (Å²) in [5, 5.41) is 19.0. The zero-order valence-electron chi connectivity index (χ0n) is 10.5. The summed E-state index contributed by atoms with van der Waals surface area (Å²) in [5.74, 6) is -1.38. The number of carbonyl (C=O) groups is 1. The van der Waals surface area contributed by atoms with Gasteiger partial charge in [0.2, 0.25) is 0 Å². The standard InChI is InChI=1S/C13H14N2O4.ClH/c14-3-1-2-7-4-8-10(16)6-9(13(18)19)15-12(8)11(17)5-7;/h4-6,17H,1-3,14H2,(H,15,16)(H,18,19);1H. The number of H-pyrrole nitrogens is 1. The van der Waals surface area contributed by atoms with Crippen LogP contribution in [0.5, 0.6) is 5.75 Å². The lowest BCUT2D eigenvalue weighted by molar-refractivity contribution is 0.0691. The Labute approximate surface area is 120 Å². The third-order valence-corrected chi connectivity index (χ3v) is 2.88. The molecule has 0 aliphatic heterocycles. The first-order chi connectivity index (χ1) is 9.02. The van der Waals surface area contributed by atoms with Crippen molar-refractivity contribution in [2.24, 2.45) is 5.73 Å². The summed E-state index contributed by atoms with van der Waals surface area (Å²) in [6.07, 6.45) is 1.40. The molecule has 0 amide bonds. The van der Waals surface area contributed by atoms with Gasteiger partial charge in [-0.05, 0) is 37.1 Å². The van der Waals surface area contributed by atoms with Gasteiger partial charge >= 0.3 is 5.97 Å². The first kappa shape index (κ1) is 16.0. The van der Waals surface area contributed by atoms with Crippen LogP contribution in [0.15, 0.2) is 23.0 Å². The second-order valence-electron chi connectivity index (χ2n) is 4.28. The van der Waals surface area contributed by atoms with Crippen LogP contribution in [0.3, 0.4) is 0 Å². The SMILES string of the molecule is Cl.NCCCc1cc(O)c2[nH]c(C(=O)O)cc(=O)c2c1. The van der Waals surface area contributed by atoms with Crippen molar-refractivity contribution in [3.8, 4) is 5.75 Å².